The van der Waals surface area contributed by atoms with E-state index in [4.69, 9.17) is 5.11 Å². The van der Waals surface area contributed by atoms with Crippen molar-refractivity contribution in [1.29, 1.82) is 0 Å². The number of rotatable bonds is 7. The first-order valence-electron chi connectivity index (χ1n) is 6.05. The number of aliphatic hydroxyl groups is 1. The van der Waals surface area contributed by atoms with E-state index >= 15 is 0 Å². The molecular formula is C14H19BrO3. The Morgan fingerprint density at radius 1 is 1.56 bits per heavy atom. The highest BCUT2D eigenvalue weighted by molar-refractivity contribution is 9.10. The number of hydrogen-bond donors (Lipinski definition) is 2. The molecule has 0 bridgehead atoms. The fourth-order valence-electron chi connectivity index (χ4n) is 2.35. The Morgan fingerprint density at radius 3 is 2.83 bits per heavy atom. The summed E-state index contributed by atoms with van der Waals surface area (Å²) >= 11 is 3.61. The predicted molar refractivity (Wildman–Crippen MR) is 75.7 cm³/mol. The van der Waals surface area contributed by atoms with Gasteiger partial charge in [0.15, 0.2) is 0 Å². The van der Waals surface area contributed by atoms with Crippen molar-refractivity contribution in [2.45, 2.75) is 23.6 Å². The molecule has 0 spiro atoms. The number of alkyl halides is 1. The Bertz CT molecular complexity index is 362. The van der Waals surface area contributed by atoms with E-state index in [1.807, 2.05) is 12.2 Å². The molecule has 0 aromatic carbocycles. The van der Waals surface area contributed by atoms with Crippen molar-refractivity contribution in [3.8, 4) is 0 Å². The summed E-state index contributed by atoms with van der Waals surface area (Å²) in [5, 5.41) is 18.3. The molecule has 2 N–H and O–H groups in total. The van der Waals surface area contributed by atoms with Gasteiger partial charge in [-0.15, -0.1) is 6.58 Å². The van der Waals surface area contributed by atoms with Crippen molar-refractivity contribution in [2.24, 2.45) is 11.8 Å². The average Bonchev–Trinajstić information content (AvgIpc) is 2.34. The number of hydrogen-bond acceptors (Lipinski definition) is 2. The van der Waals surface area contributed by atoms with Gasteiger partial charge >= 0.3 is 5.97 Å². The number of halogens is 1. The lowest BCUT2D eigenvalue weighted by molar-refractivity contribution is -0.141. The first-order valence-corrected chi connectivity index (χ1v) is 6.85. The molecule has 3 nitrogen and oxygen atoms in total. The van der Waals surface area contributed by atoms with Crippen LogP contribution in [-0.4, -0.2) is 27.1 Å². The van der Waals surface area contributed by atoms with Gasteiger partial charge in [0, 0.05) is 6.61 Å². The lowest BCUT2D eigenvalue weighted by Crippen LogP contribution is -2.42. The van der Waals surface area contributed by atoms with Crippen molar-refractivity contribution < 1.29 is 15.0 Å². The van der Waals surface area contributed by atoms with Crippen molar-refractivity contribution in [1.82, 2.24) is 0 Å². The van der Waals surface area contributed by atoms with Crippen LogP contribution >= 0.6 is 15.9 Å². The summed E-state index contributed by atoms with van der Waals surface area (Å²) in [6.45, 7) is 3.85. The summed E-state index contributed by atoms with van der Waals surface area (Å²) in [6.07, 6.45) is 11.2. The van der Waals surface area contributed by atoms with Gasteiger partial charge in [0.05, 0.1) is 10.2 Å². The summed E-state index contributed by atoms with van der Waals surface area (Å²) in [4.78, 5) is 11.4. The second-order valence-electron chi connectivity index (χ2n) is 4.47. The van der Waals surface area contributed by atoms with E-state index in [1.165, 1.54) is 0 Å². The second-order valence-corrected chi connectivity index (χ2v) is 5.85. The largest absolute Gasteiger partial charge is 0.481 e. The molecule has 1 rings (SSSR count). The molecule has 3 atom stereocenters. The smallest absolute Gasteiger partial charge is 0.312 e. The van der Waals surface area contributed by atoms with Gasteiger partial charge in [0.1, 0.15) is 0 Å². The molecule has 0 saturated carbocycles. The number of aliphatic hydroxyl groups excluding tert-OH is 1. The second kappa shape index (κ2) is 6.90. The van der Waals surface area contributed by atoms with Crippen molar-refractivity contribution in [3.63, 3.8) is 0 Å². The fourth-order valence-corrected chi connectivity index (χ4v) is 3.27. The Balaban J connectivity index is 2.96. The molecule has 2 unspecified atom stereocenters. The zero-order valence-electron chi connectivity index (χ0n) is 10.3. The van der Waals surface area contributed by atoms with Crippen LogP contribution in [0.3, 0.4) is 0 Å². The van der Waals surface area contributed by atoms with Gasteiger partial charge in [-0.25, -0.2) is 0 Å². The Labute approximate surface area is 116 Å². The molecule has 1 aliphatic rings. The first-order chi connectivity index (χ1) is 8.56. The highest BCUT2D eigenvalue weighted by Crippen LogP contribution is 2.44. The maximum atomic E-state index is 11.4. The molecule has 1 aliphatic carbocycles. The number of aliphatic carboxylic acids is 1. The molecular weight excluding hydrogens is 296 g/mol. The molecule has 0 amide bonds. The van der Waals surface area contributed by atoms with Crippen LogP contribution in [0.15, 0.2) is 37.0 Å². The molecule has 0 aliphatic heterocycles. The molecule has 18 heavy (non-hydrogen) atoms. The Morgan fingerprint density at radius 2 is 2.28 bits per heavy atom. The summed E-state index contributed by atoms with van der Waals surface area (Å²) in [6, 6.07) is 0. The highest BCUT2D eigenvalue weighted by atomic mass is 79.9. The Hall–Kier alpha value is -0.870. The van der Waals surface area contributed by atoms with Crippen molar-refractivity contribution in [3.05, 3.63) is 37.0 Å². The van der Waals surface area contributed by atoms with Gasteiger partial charge in [-0.1, -0.05) is 46.3 Å². The lowest BCUT2D eigenvalue weighted by Gasteiger charge is -2.38. The van der Waals surface area contributed by atoms with Gasteiger partial charge in [-0.05, 0) is 25.2 Å². The minimum absolute atomic E-state index is 0.101. The summed E-state index contributed by atoms with van der Waals surface area (Å²) in [7, 11) is 0. The number of carboxylic acid groups (broad SMARTS) is 1. The molecule has 0 aromatic heterocycles. The van der Waals surface area contributed by atoms with E-state index in [1.54, 1.807) is 18.2 Å². The van der Waals surface area contributed by atoms with Crippen LogP contribution in [0.1, 0.15) is 19.3 Å². The summed E-state index contributed by atoms with van der Waals surface area (Å²) in [5.41, 5.74) is 0. The third kappa shape index (κ3) is 3.33. The van der Waals surface area contributed by atoms with Gasteiger partial charge in [-0.2, -0.15) is 0 Å². The van der Waals surface area contributed by atoms with E-state index in [2.05, 4.69) is 22.5 Å². The Kier molecular flexibility index (Phi) is 5.82. The van der Waals surface area contributed by atoms with Gasteiger partial charge < -0.3 is 10.2 Å². The molecule has 0 saturated heterocycles. The molecule has 0 heterocycles. The predicted octanol–water partition coefficient (Wildman–Crippen LogP) is 2.91. The van der Waals surface area contributed by atoms with Crippen molar-refractivity contribution in [2.75, 3.05) is 6.61 Å². The molecule has 0 radical (unpaired) electrons. The fraction of sp³-hybridized carbons (Fsp3) is 0.500. The zero-order valence-corrected chi connectivity index (χ0v) is 11.8. The van der Waals surface area contributed by atoms with Gasteiger partial charge in [0.2, 0.25) is 0 Å². The zero-order chi connectivity index (χ0) is 13.6. The lowest BCUT2D eigenvalue weighted by atomic mass is 9.75. The SMILES string of the molecule is C=CCC(CCCO)C1(Br)C=CC=C[C@@H]1C(=O)O. The van der Waals surface area contributed by atoms with Crippen LogP contribution in [0.5, 0.6) is 0 Å². The number of allylic oxidation sites excluding steroid dienone is 4. The molecule has 0 fully saturated rings. The third-order valence-electron chi connectivity index (χ3n) is 3.30. The van der Waals surface area contributed by atoms with Gasteiger partial charge in [-0.3, -0.25) is 4.79 Å². The van der Waals surface area contributed by atoms with Crippen LogP contribution < -0.4 is 0 Å². The van der Waals surface area contributed by atoms with E-state index < -0.39 is 16.2 Å². The maximum Gasteiger partial charge on any atom is 0.312 e. The summed E-state index contributed by atoms with van der Waals surface area (Å²) < 4.78 is -0.600. The number of carboxylic acids is 1. The standard InChI is InChI=1S/C14H19BrO3/c1-2-6-11(7-5-10-16)14(15)9-4-3-8-12(14)13(17)18/h2-4,8-9,11-12,16H,1,5-7,10H2,(H,17,18)/t11?,12-,14?/m1/s1. The monoisotopic (exact) mass is 314 g/mol. The van der Waals surface area contributed by atoms with E-state index in [0.29, 0.717) is 12.8 Å². The average molecular weight is 315 g/mol. The quantitative estimate of drug-likeness (QED) is 0.561. The van der Waals surface area contributed by atoms with E-state index in [-0.39, 0.29) is 12.5 Å². The minimum atomic E-state index is -0.842. The highest BCUT2D eigenvalue weighted by Gasteiger charge is 2.43. The number of carbonyl (C=O) groups is 1. The normalized spacial score (nSPS) is 28.0. The van der Waals surface area contributed by atoms with Crippen LogP contribution in [0.2, 0.25) is 0 Å². The first kappa shape index (κ1) is 15.2. The van der Waals surface area contributed by atoms with Gasteiger partial charge in [0.25, 0.3) is 0 Å². The van der Waals surface area contributed by atoms with E-state index in [9.17, 15) is 9.90 Å². The minimum Gasteiger partial charge on any atom is -0.481 e. The van der Waals surface area contributed by atoms with Crippen LogP contribution in [0, 0.1) is 11.8 Å². The topological polar surface area (TPSA) is 57.5 Å². The summed E-state index contributed by atoms with van der Waals surface area (Å²) in [5.74, 6) is -1.33. The molecule has 100 valence electrons. The van der Waals surface area contributed by atoms with Crippen LogP contribution in [0.25, 0.3) is 0 Å². The van der Waals surface area contributed by atoms with Crippen LogP contribution in [-0.2, 0) is 4.79 Å². The van der Waals surface area contributed by atoms with Crippen LogP contribution in [0.4, 0.5) is 0 Å². The molecule has 0 aromatic rings. The maximum absolute atomic E-state index is 11.4. The third-order valence-corrected chi connectivity index (χ3v) is 4.70. The van der Waals surface area contributed by atoms with E-state index in [0.717, 1.165) is 6.42 Å². The molecule has 4 heteroatoms. The van der Waals surface area contributed by atoms with Crippen molar-refractivity contribution >= 4 is 21.9 Å².